The SMILES string of the molecule is COC(=O)CNC(=O)Cc1ccc(NC(=O)c2cc(F)ccc2I)cc1. The zero-order valence-electron chi connectivity index (χ0n) is 13.8. The fourth-order valence-electron chi connectivity index (χ4n) is 2.07. The summed E-state index contributed by atoms with van der Waals surface area (Å²) in [6.45, 7) is -0.185. The number of ether oxygens (including phenoxy) is 1. The Kier molecular flexibility index (Phi) is 7.07. The first-order valence-electron chi connectivity index (χ1n) is 7.58. The molecule has 136 valence electrons. The Hall–Kier alpha value is -2.49. The second-order valence-corrected chi connectivity index (χ2v) is 6.47. The molecular formula is C18H16FIN2O4. The van der Waals surface area contributed by atoms with E-state index in [1.54, 1.807) is 24.3 Å². The third-order valence-corrected chi connectivity index (χ3v) is 4.35. The predicted molar refractivity (Wildman–Crippen MR) is 102 cm³/mol. The van der Waals surface area contributed by atoms with Gasteiger partial charge in [-0.3, -0.25) is 14.4 Å². The average Bonchev–Trinajstić information content (AvgIpc) is 2.63. The van der Waals surface area contributed by atoms with Gasteiger partial charge in [0.25, 0.3) is 5.91 Å². The Morgan fingerprint density at radius 1 is 1.12 bits per heavy atom. The molecule has 2 amide bonds. The van der Waals surface area contributed by atoms with Crippen molar-refractivity contribution < 1.29 is 23.5 Å². The lowest BCUT2D eigenvalue weighted by Gasteiger charge is -2.08. The van der Waals surface area contributed by atoms with Crippen LogP contribution in [0.2, 0.25) is 0 Å². The van der Waals surface area contributed by atoms with Gasteiger partial charge in [-0.2, -0.15) is 0 Å². The molecule has 2 aromatic carbocycles. The van der Waals surface area contributed by atoms with E-state index < -0.39 is 17.7 Å². The zero-order chi connectivity index (χ0) is 19.1. The summed E-state index contributed by atoms with van der Waals surface area (Å²) < 4.78 is 18.4. The molecule has 0 atom stereocenters. The van der Waals surface area contributed by atoms with Crippen LogP contribution in [0.1, 0.15) is 15.9 Å². The van der Waals surface area contributed by atoms with Gasteiger partial charge in [0.1, 0.15) is 12.4 Å². The maximum atomic E-state index is 13.3. The summed E-state index contributed by atoms with van der Waals surface area (Å²) >= 11 is 1.96. The quantitative estimate of drug-likeness (QED) is 0.502. The van der Waals surface area contributed by atoms with Crippen molar-refractivity contribution in [3.8, 4) is 0 Å². The molecule has 0 saturated heterocycles. The first-order chi connectivity index (χ1) is 12.4. The maximum Gasteiger partial charge on any atom is 0.325 e. The van der Waals surface area contributed by atoms with Crippen molar-refractivity contribution in [2.45, 2.75) is 6.42 Å². The number of amides is 2. The van der Waals surface area contributed by atoms with Gasteiger partial charge in [0.2, 0.25) is 5.91 Å². The van der Waals surface area contributed by atoms with Crippen molar-refractivity contribution in [3.63, 3.8) is 0 Å². The Balaban J connectivity index is 1.94. The van der Waals surface area contributed by atoms with Crippen LogP contribution in [0.25, 0.3) is 0 Å². The number of anilines is 1. The first-order valence-corrected chi connectivity index (χ1v) is 8.66. The summed E-state index contributed by atoms with van der Waals surface area (Å²) in [5.41, 5.74) is 1.48. The number of methoxy groups -OCH3 is 1. The molecule has 0 aliphatic carbocycles. The van der Waals surface area contributed by atoms with Crippen molar-refractivity contribution in [1.82, 2.24) is 5.32 Å². The zero-order valence-corrected chi connectivity index (χ0v) is 16.0. The van der Waals surface area contributed by atoms with Crippen molar-refractivity contribution >= 4 is 46.1 Å². The minimum absolute atomic E-state index is 0.0903. The Bertz CT molecular complexity index is 824. The minimum atomic E-state index is -0.525. The van der Waals surface area contributed by atoms with Gasteiger partial charge in [0, 0.05) is 9.26 Å². The van der Waals surface area contributed by atoms with Gasteiger partial charge in [-0.15, -0.1) is 0 Å². The number of halogens is 2. The van der Waals surface area contributed by atoms with Crippen LogP contribution in [-0.4, -0.2) is 31.4 Å². The molecule has 0 radical (unpaired) electrons. The lowest BCUT2D eigenvalue weighted by Crippen LogP contribution is -2.31. The number of hydrogen-bond acceptors (Lipinski definition) is 4. The van der Waals surface area contributed by atoms with E-state index in [1.807, 2.05) is 22.6 Å². The standard InChI is InChI=1S/C18H16FIN2O4/c1-26-17(24)10-21-16(23)8-11-2-5-13(6-3-11)22-18(25)14-9-12(19)4-7-15(14)20/h2-7,9H,8,10H2,1H3,(H,21,23)(H,22,25). The number of esters is 1. The van der Waals surface area contributed by atoms with Crippen LogP contribution < -0.4 is 10.6 Å². The first kappa shape index (κ1) is 19.8. The van der Waals surface area contributed by atoms with Gasteiger partial charge in [0.15, 0.2) is 0 Å². The van der Waals surface area contributed by atoms with Crippen LogP contribution in [0.5, 0.6) is 0 Å². The highest BCUT2D eigenvalue weighted by molar-refractivity contribution is 14.1. The number of hydrogen-bond donors (Lipinski definition) is 2. The topological polar surface area (TPSA) is 84.5 Å². The number of benzene rings is 2. The van der Waals surface area contributed by atoms with Crippen LogP contribution in [0.4, 0.5) is 10.1 Å². The fraction of sp³-hybridized carbons (Fsp3) is 0.167. The maximum absolute atomic E-state index is 13.3. The van der Waals surface area contributed by atoms with Crippen LogP contribution in [0.15, 0.2) is 42.5 Å². The van der Waals surface area contributed by atoms with E-state index in [2.05, 4.69) is 15.4 Å². The van der Waals surface area contributed by atoms with E-state index in [4.69, 9.17) is 0 Å². The summed E-state index contributed by atoms with van der Waals surface area (Å²) in [4.78, 5) is 34.9. The molecule has 0 fully saturated rings. The highest BCUT2D eigenvalue weighted by Gasteiger charge is 2.12. The molecule has 0 saturated carbocycles. The van der Waals surface area contributed by atoms with Gasteiger partial charge >= 0.3 is 5.97 Å². The van der Waals surface area contributed by atoms with E-state index in [-0.39, 0.29) is 24.4 Å². The molecule has 8 heteroatoms. The van der Waals surface area contributed by atoms with Crippen LogP contribution in [0, 0.1) is 9.39 Å². The van der Waals surface area contributed by atoms with Crippen molar-refractivity contribution in [2.75, 3.05) is 19.0 Å². The lowest BCUT2D eigenvalue weighted by atomic mass is 10.1. The number of carbonyl (C=O) groups excluding carboxylic acids is 3. The smallest absolute Gasteiger partial charge is 0.325 e. The lowest BCUT2D eigenvalue weighted by molar-refractivity contribution is -0.141. The molecule has 0 unspecified atom stereocenters. The molecule has 2 N–H and O–H groups in total. The summed E-state index contributed by atoms with van der Waals surface area (Å²) in [6.07, 6.45) is 0.0903. The summed E-state index contributed by atoms with van der Waals surface area (Å²) in [5, 5.41) is 5.12. The second kappa shape index (κ2) is 9.27. The van der Waals surface area contributed by atoms with Gasteiger partial charge < -0.3 is 15.4 Å². The van der Waals surface area contributed by atoms with Crippen molar-refractivity contribution in [2.24, 2.45) is 0 Å². The second-order valence-electron chi connectivity index (χ2n) is 5.30. The molecule has 0 aliphatic rings. The van der Waals surface area contributed by atoms with Gasteiger partial charge in [-0.25, -0.2) is 4.39 Å². The van der Waals surface area contributed by atoms with E-state index in [0.717, 1.165) is 0 Å². The van der Waals surface area contributed by atoms with E-state index >= 15 is 0 Å². The van der Waals surface area contributed by atoms with Gasteiger partial charge in [-0.1, -0.05) is 12.1 Å². The third-order valence-electron chi connectivity index (χ3n) is 3.41. The van der Waals surface area contributed by atoms with Gasteiger partial charge in [0.05, 0.1) is 19.1 Å². The third kappa shape index (κ3) is 5.80. The molecule has 0 bridgehead atoms. The fourth-order valence-corrected chi connectivity index (χ4v) is 2.65. The summed E-state index contributed by atoms with van der Waals surface area (Å²) in [7, 11) is 1.24. The average molecular weight is 470 g/mol. The largest absolute Gasteiger partial charge is 0.468 e. The number of carbonyl (C=O) groups is 3. The molecule has 0 aromatic heterocycles. The predicted octanol–water partition coefficient (Wildman–Crippen LogP) is 2.51. The van der Waals surface area contributed by atoms with Crippen molar-refractivity contribution in [3.05, 3.63) is 63.0 Å². The molecule has 0 spiro atoms. The highest BCUT2D eigenvalue weighted by atomic mass is 127. The highest BCUT2D eigenvalue weighted by Crippen LogP contribution is 2.17. The molecular weight excluding hydrogens is 454 g/mol. The molecule has 26 heavy (non-hydrogen) atoms. The number of nitrogens with one attached hydrogen (secondary N) is 2. The number of rotatable bonds is 6. The minimum Gasteiger partial charge on any atom is -0.468 e. The Labute approximate surface area is 163 Å². The summed E-state index contributed by atoms with van der Waals surface area (Å²) in [5.74, 6) is -1.74. The van der Waals surface area contributed by atoms with Crippen LogP contribution in [-0.2, 0) is 20.7 Å². The Morgan fingerprint density at radius 3 is 2.46 bits per heavy atom. The summed E-state index contributed by atoms with van der Waals surface area (Å²) in [6, 6.07) is 10.7. The van der Waals surface area contributed by atoms with E-state index in [0.29, 0.717) is 14.8 Å². The van der Waals surface area contributed by atoms with E-state index in [9.17, 15) is 18.8 Å². The monoisotopic (exact) mass is 470 g/mol. The molecule has 2 aromatic rings. The molecule has 6 nitrogen and oxygen atoms in total. The van der Waals surface area contributed by atoms with Crippen LogP contribution >= 0.6 is 22.6 Å². The van der Waals surface area contributed by atoms with Crippen LogP contribution in [0.3, 0.4) is 0 Å². The van der Waals surface area contributed by atoms with Crippen molar-refractivity contribution in [1.29, 1.82) is 0 Å². The van der Waals surface area contributed by atoms with E-state index in [1.165, 1.54) is 25.3 Å². The molecule has 0 aliphatic heterocycles. The Morgan fingerprint density at radius 2 is 1.81 bits per heavy atom. The van der Waals surface area contributed by atoms with Gasteiger partial charge in [-0.05, 0) is 58.5 Å². The molecule has 0 heterocycles. The normalized spacial score (nSPS) is 10.1. The molecule has 2 rings (SSSR count).